The van der Waals surface area contributed by atoms with Crippen LogP contribution in [0.3, 0.4) is 0 Å². The molecule has 0 aromatic carbocycles. The number of hydrogen-bond donors (Lipinski definition) is 1. The van der Waals surface area contributed by atoms with Crippen molar-refractivity contribution < 1.29 is 9.90 Å². The molecule has 1 aliphatic rings. The summed E-state index contributed by atoms with van der Waals surface area (Å²) in [7, 11) is 0. The standard InChI is InChI=1S/C13H24O2/c1-3-10(2)9-11-7-5-4-6-8-12(11)13(14)15/h10-12H,3-9H2,1-2H3,(H,14,15). The molecule has 2 nitrogen and oxygen atoms in total. The quantitative estimate of drug-likeness (QED) is 0.721. The average Bonchev–Trinajstić information content (AvgIpc) is 2.43. The molecule has 2 heteroatoms. The number of rotatable bonds is 4. The fourth-order valence-electron chi connectivity index (χ4n) is 2.68. The lowest BCUT2D eigenvalue weighted by Crippen LogP contribution is -2.24. The topological polar surface area (TPSA) is 37.3 Å². The second-order valence-electron chi connectivity index (χ2n) is 5.09. The zero-order valence-electron chi connectivity index (χ0n) is 10.0. The normalized spacial score (nSPS) is 29.5. The molecular formula is C13H24O2. The van der Waals surface area contributed by atoms with Crippen LogP contribution in [0, 0.1) is 17.8 Å². The molecule has 1 N–H and O–H groups in total. The third kappa shape index (κ3) is 3.84. The summed E-state index contributed by atoms with van der Waals surface area (Å²) in [4.78, 5) is 11.2. The number of aliphatic carboxylic acids is 1. The van der Waals surface area contributed by atoms with Gasteiger partial charge in [0.15, 0.2) is 0 Å². The molecule has 1 aliphatic carbocycles. The van der Waals surface area contributed by atoms with E-state index < -0.39 is 5.97 Å². The van der Waals surface area contributed by atoms with Gasteiger partial charge in [0.2, 0.25) is 0 Å². The van der Waals surface area contributed by atoms with Crippen molar-refractivity contribution in [2.45, 2.75) is 58.8 Å². The molecule has 0 amide bonds. The highest BCUT2D eigenvalue weighted by Crippen LogP contribution is 2.34. The third-order valence-electron chi connectivity index (χ3n) is 3.88. The van der Waals surface area contributed by atoms with E-state index in [1.165, 1.54) is 19.3 Å². The van der Waals surface area contributed by atoms with Crippen LogP contribution in [0.1, 0.15) is 58.8 Å². The van der Waals surface area contributed by atoms with Crippen LogP contribution in [-0.2, 0) is 4.79 Å². The largest absolute Gasteiger partial charge is 0.481 e. The number of carboxylic acids is 1. The van der Waals surface area contributed by atoms with Gasteiger partial charge >= 0.3 is 5.97 Å². The summed E-state index contributed by atoms with van der Waals surface area (Å²) in [6.07, 6.45) is 7.85. The fourth-order valence-corrected chi connectivity index (χ4v) is 2.68. The minimum atomic E-state index is -0.565. The third-order valence-corrected chi connectivity index (χ3v) is 3.88. The van der Waals surface area contributed by atoms with E-state index in [2.05, 4.69) is 13.8 Å². The monoisotopic (exact) mass is 212 g/mol. The summed E-state index contributed by atoms with van der Waals surface area (Å²) >= 11 is 0. The van der Waals surface area contributed by atoms with Gasteiger partial charge in [0, 0.05) is 0 Å². The molecule has 0 saturated heterocycles. The van der Waals surface area contributed by atoms with Crippen LogP contribution < -0.4 is 0 Å². The second-order valence-corrected chi connectivity index (χ2v) is 5.09. The van der Waals surface area contributed by atoms with E-state index in [1.54, 1.807) is 0 Å². The van der Waals surface area contributed by atoms with Gasteiger partial charge in [0.05, 0.1) is 5.92 Å². The van der Waals surface area contributed by atoms with Crippen LogP contribution in [0.15, 0.2) is 0 Å². The Kier molecular flexibility index (Phi) is 5.13. The Morgan fingerprint density at radius 2 is 2.00 bits per heavy atom. The summed E-state index contributed by atoms with van der Waals surface area (Å²) < 4.78 is 0. The van der Waals surface area contributed by atoms with Crippen LogP contribution in [0.5, 0.6) is 0 Å². The van der Waals surface area contributed by atoms with E-state index in [0.29, 0.717) is 11.8 Å². The molecule has 1 saturated carbocycles. The first-order valence-electron chi connectivity index (χ1n) is 6.38. The van der Waals surface area contributed by atoms with Crippen molar-refractivity contribution >= 4 is 5.97 Å². The molecule has 0 bridgehead atoms. The molecule has 0 heterocycles. The van der Waals surface area contributed by atoms with Gasteiger partial charge in [-0.05, 0) is 31.1 Å². The smallest absolute Gasteiger partial charge is 0.306 e. The molecule has 0 aliphatic heterocycles. The Balaban J connectivity index is 2.57. The van der Waals surface area contributed by atoms with Crippen molar-refractivity contribution in [2.24, 2.45) is 17.8 Å². The van der Waals surface area contributed by atoms with Crippen molar-refractivity contribution in [2.75, 3.05) is 0 Å². The predicted molar refractivity (Wildman–Crippen MR) is 61.8 cm³/mol. The maximum atomic E-state index is 11.2. The SMILES string of the molecule is CCC(C)CC1CCCCCC1C(=O)O. The Morgan fingerprint density at radius 3 is 2.60 bits per heavy atom. The molecular weight excluding hydrogens is 188 g/mol. The van der Waals surface area contributed by atoms with Crippen LogP contribution in [-0.4, -0.2) is 11.1 Å². The molecule has 0 spiro atoms. The van der Waals surface area contributed by atoms with E-state index >= 15 is 0 Å². The summed E-state index contributed by atoms with van der Waals surface area (Å²) in [6, 6.07) is 0. The predicted octanol–water partition coefficient (Wildman–Crippen LogP) is 3.70. The van der Waals surface area contributed by atoms with Gasteiger partial charge in [0.1, 0.15) is 0 Å². The minimum Gasteiger partial charge on any atom is -0.481 e. The zero-order chi connectivity index (χ0) is 11.3. The zero-order valence-corrected chi connectivity index (χ0v) is 10.0. The average molecular weight is 212 g/mol. The van der Waals surface area contributed by atoms with Gasteiger partial charge in [-0.25, -0.2) is 0 Å². The summed E-state index contributed by atoms with van der Waals surface area (Å²) in [5.74, 6) is 0.474. The Labute approximate surface area is 93.1 Å². The van der Waals surface area contributed by atoms with Crippen molar-refractivity contribution in [1.29, 1.82) is 0 Å². The Morgan fingerprint density at radius 1 is 1.33 bits per heavy atom. The molecule has 3 atom stereocenters. The molecule has 1 fully saturated rings. The van der Waals surface area contributed by atoms with E-state index in [-0.39, 0.29) is 5.92 Å². The van der Waals surface area contributed by atoms with Crippen molar-refractivity contribution in [1.82, 2.24) is 0 Å². The molecule has 88 valence electrons. The van der Waals surface area contributed by atoms with E-state index in [4.69, 9.17) is 0 Å². The lowest BCUT2D eigenvalue weighted by atomic mass is 9.81. The van der Waals surface area contributed by atoms with Crippen molar-refractivity contribution in [3.63, 3.8) is 0 Å². The first kappa shape index (κ1) is 12.5. The van der Waals surface area contributed by atoms with Gasteiger partial charge in [-0.15, -0.1) is 0 Å². The Bertz CT molecular complexity index is 201. The maximum absolute atomic E-state index is 11.2. The highest BCUT2D eigenvalue weighted by molar-refractivity contribution is 5.70. The van der Waals surface area contributed by atoms with Gasteiger partial charge in [-0.3, -0.25) is 4.79 Å². The molecule has 0 aromatic rings. The summed E-state index contributed by atoms with van der Waals surface area (Å²) in [6.45, 7) is 4.43. The van der Waals surface area contributed by atoms with Crippen LogP contribution in [0.4, 0.5) is 0 Å². The number of carboxylic acid groups (broad SMARTS) is 1. The van der Waals surface area contributed by atoms with Gasteiger partial charge < -0.3 is 5.11 Å². The molecule has 15 heavy (non-hydrogen) atoms. The van der Waals surface area contributed by atoms with E-state index in [0.717, 1.165) is 25.7 Å². The molecule has 0 aromatic heterocycles. The first-order chi connectivity index (χ1) is 7.15. The van der Waals surface area contributed by atoms with Gasteiger partial charge in [-0.2, -0.15) is 0 Å². The maximum Gasteiger partial charge on any atom is 0.306 e. The number of carbonyl (C=O) groups is 1. The van der Waals surface area contributed by atoms with E-state index in [1.807, 2.05) is 0 Å². The van der Waals surface area contributed by atoms with Crippen molar-refractivity contribution in [3.8, 4) is 0 Å². The van der Waals surface area contributed by atoms with Crippen LogP contribution in [0.25, 0.3) is 0 Å². The van der Waals surface area contributed by atoms with Crippen LogP contribution >= 0.6 is 0 Å². The van der Waals surface area contributed by atoms with Gasteiger partial charge in [0.25, 0.3) is 0 Å². The fraction of sp³-hybridized carbons (Fsp3) is 0.923. The Hall–Kier alpha value is -0.530. The second kappa shape index (κ2) is 6.14. The van der Waals surface area contributed by atoms with E-state index in [9.17, 15) is 9.90 Å². The molecule has 0 radical (unpaired) electrons. The lowest BCUT2D eigenvalue weighted by Gasteiger charge is -2.24. The lowest BCUT2D eigenvalue weighted by molar-refractivity contribution is -0.144. The molecule has 3 unspecified atom stereocenters. The highest BCUT2D eigenvalue weighted by atomic mass is 16.4. The molecule has 1 rings (SSSR count). The number of hydrogen-bond acceptors (Lipinski definition) is 1. The minimum absolute atomic E-state index is 0.0681. The summed E-state index contributed by atoms with van der Waals surface area (Å²) in [5, 5.41) is 9.22. The highest BCUT2D eigenvalue weighted by Gasteiger charge is 2.29. The van der Waals surface area contributed by atoms with Gasteiger partial charge in [-0.1, -0.05) is 39.5 Å². The first-order valence-corrected chi connectivity index (χ1v) is 6.38. The van der Waals surface area contributed by atoms with Crippen molar-refractivity contribution in [3.05, 3.63) is 0 Å². The summed E-state index contributed by atoms with van der Waals surface area (Å²) in [5.41, 5.74) is 0. The van der Waals surface area contributed by atoms with Crippen LogP contribution in [0.2, 0.25) is 0 Å².